The molecule has 0 bridgehead atoms. The Kier molecular flexibility index (Phi) is 6.03. The molecule has 0 heterocycles. The van der Waals surface area contributed by atoms with Crippen LogP contribution in [0.4, 0.5) is 0 Å². The number of Topliss-reactive ketones (excluding diaryl/α,β-unsaturated/α-hetero) is 1. The summed E-state index contributed by atoms with van der Waals surface area (Å²) in [5.74, 6) is 2.07. The highest BCUT2D eigenvalue weighted by Crippen LogP contribution is 2.27. The van der Waals surface area contributed by atoms with E-state index in [0.29, 0.717) is 30.9 Å². The first-order chi connectivity index (χ1) is 11.1. The van der Waals surface area contributed by atoms with Gasteiger partial charge in [-0.15, -0.1) is 0 Å². The van der Waals surface area contributed by atoms with Gasteiger partial charge in [-0.3, -0.25) is 4.79 Å². The standard InChI is InChI=1S/C19H22O4/c1-14-9-10-18(19(13-14)21-3)23-12-6-11-22-17-8-5-4-7-16(17)15(2)20/h4-5,7-10,13H,6,11-12H2,1-3H3. The monoisotopic (exact) mass is 314 g/mol. The van der Waals surface area contributed by atoms with Crippen molar-refractivity contribution in [3.05, 3.63) is 53.6 Å². The fraction of sp³-hybridized carbons (Fsp3) is 0.316. The minimum Gasteiger partial charge on any atom is -0.493 e. The molecule has 0 aliphatic carbocycles. The highest BCUT2D eigenvalue weighted by atomic mass is 16.5. The van der Waals surface area contributed by atoms with Crippen molar-refractivity contribution in [3.63, 3.8) is 0 Å². The van der Waals surface area contributed by atoms with Gasteiger partial charge >= 0.3 is 0 Å². The lowest BCUT2D eigenvalue weighted by Gasteiger charge is -2.12. The van der Waals surface area contributed by atoms with Crippen molar-refractivity contribution in [1.29, 1.82) is 0 Å². The summed E-state index contributed by atoms with van der Waals surface area (Å²) in [6, 6.07) is 13.1. The molecule has 0 unspecified atom stereocenters. The average Bonchev–Trinajstić information content (AvgIpc) is 2.55. The first kappa shape index (κ1) is 16.9. The first-order valence-corrected chi connectivity index (χ1v) is 7.62. The molecule has 0 aliphatic rings. The van der Waals surface area contributed by atoms with Gasteiger partial charge in [0.15, 0.2) is 17.3 Å². The van der Waals surface area contributed by atoms with Crippen molar-refractivity contribution in [1.82, 2.24) is 0 Å². The van der Waals surface area contributed by atoms with E-state index in [4.69, 9.17) is 14.2 Å². The third-order valence-corrected chi connectivity index (χ3v) is 3.39. The Balaban J connectivity index is 1.82. The number of ketones is 1. The van der Waals surface area contributed by atoms with E-state index in [0.717, 1.165) is 17.1 Å². The van der Waals surface area contributed by atoms with Crippen LogP contribution in [0.15, 0.2) is 42.5 Å². The maximum atomic E-state index is 11.5. The van der Waals surface area contributed by atoms with E-state index >= 15 is 0 Å². The van der Waals surface area contributed by atoms with Crippen molar-refractivity contribution in [3.8, 4) is 17.2 Å². The van der Waals surface area contributed by atoms with Gasteiger partial charge in [-0.1, -0.05) is 18.2 Å². The van der Waals surface area contributed by atoms with Crippen LogP contribution >= 0.6 is 0 Å². The Bertz CT molecular complexity index is 664. The zero-order valence-electron chi connectivity index (χ0n) is 13.8. The summed E-state index contributed by atoms with van der Waals surface area (Å²) in [7, 11) is 1.63. The van der Waals surface area contributed by atoms with Crippen molar-refractivity contribution in [2.45, 2.75) is 20.3 Å². The summed E-state index contributed by atoms with van der Waals surface area (Å²) in [5.41, 5.74) is 1.73. The number of rotatable bonds is 8. The normalized spacial score (nSPS) is 10.2. The molecule has 122 valence electrons. The molecule has 0 atom stereocenters. The number of carbonyl (C=O) groups excluding carboxylic acids is 1. The lowest BCUT2D eigenvalue weighted by molar-refractivity contribution is 0.101. The van der Waals surface area contributed by atoms with Crippen LogP contribution in [0.3, 0.4) is 0 Å². The van der Waals surface area contributed by atoms with Crippen molar-refractivity contribution < 1.29 is 19.0 Å². The quantitative estimate of drug-likeness (QED) is 0.544. The number of para-hydroxylation sites is 1. The average molecular weight is 314 g/mol. The molecule has 2 aromatic carbocycles. The highest BCUT2D eigenvalue weighted by Gasteiger charge is 2.07. The maximum Gasteiger partial charge on any atom is 0.163 e. The summed E-state index contributed by atoms with van der Waals surface area (Å²) in [6.45, 7) is 4.54. The molecule has 0 amide bonds. The number of benzene rings is 2. The molecule has 4 nitrogen and oxygen atoms in total. The molecule has 2 aromatic rings. The molecule has 4 heteroatoms. The SMILES string of the molecule is COc1cc(C)ccc1OCCCOc1ccccc1C(C)=O. The van der Waals surface area contributed by atoms with E-state index in [2.05, 4.69) is 0 Å². The Morgan fingerprint density at radius 1 is 0.957 bits per heavy atom. The topological polar surface area (TPSA) is 44.8 Å². The molecule has 0 saturated heterocycles. The predicted molar refractivity (Wildman–Crippen MR) is 89.8 cm³/mol. The van der Waals surface area contributed by atoms with Crippen LogP contribution in [0.5, 0.6) is 17.2 Å². The Labute approximate surface area is 137 Å². The van der Waals surface area contributed by atoms with Crippen LogP contribution < -0.4 is 14.2 Å². The zero-order chi connectivity index (χ0) is 16.7. The molecule has 0 aromatic heterocycles. The number of ether oxygens (including phenoxy) is 3. The molecular weight excluding hydrogens is 292 g/mol. The Morgan fingerprint density at radius 2 is 1.65 bits per heavy atom. The van der Waals surface area contributed by atoms with E-state index in [1.165, 1.54) is 6.92 Å². The van der Waals surface area contributed by atoms with E-state index in [9.17, 15) is 4.79 Å². The van der Waals surface area contributed by atoms with Crippen molar-refractivity contribution in [2.24, 2.45) is 0 Å². The lowest BCUT2D eigenvalue weighted by atomic mass is 10.1. The molecule has 23 heavy (non-hydrogen) atoms. The van der Waals surface area contributed by atoms with Gasteiger partial charge in [0.05, 0.1) is 25.9 Å². The van der Waals surface area contributed by atoms with Gasteiger partial charge in [0.2, 0.25) is 0 Å². The summed E-state index contributed by atoms with van der Waals surface area (Å²) >= 11 is 0. The molecular formula is C19H22O4. The van der Waals surface area contributed by atoms with Gasteiger partial charge in [-0.25, -0.2) is 0 Å². The van der Waals surface area contributed by atoms with Gasteiger partial charge < -0.3 is 14.2 Å². The highest BCUT2D eigenvalue weighted by molar-refractivity contribution is 5.96. The van der Waals surface area contributed by atoms with Crippen LogP contribution in [0.1, 0.15) is 29.3 Å². The summed E-state index contributed by atoms with van der Waals surface area (Å²) in [5, 5.41) is 0. The zero-order valence-corrected chi connectivity index (χ0v) is 13.8. The predicted octanol–water partition coefficient (Wildman–Crippen LogP) is 4.05. The second-order valence-corrected chi connectivity index (χ2v) is 5.26. The maximum absolute atomic E-state index is 11.5. The second kappa shape index (κ2) is 8.22. The van der Waals surface area contributed by atoms with E-state index in [1.54, 1.807) is 19.2 Å². The summed E-state index contributed by atoms with van der Waals surface area (Å²) in [6.07, 6.45) is 0.712. The van der Waals surface area contributed by atoms with Crippen LogP contribution in [-0.2, 0) is 0 Å². The number of hydrogen-bond donors (Lipinski definition) is 0. The van der Waals surface area contributed by atoms with Gasteiger partial charge in [0.1, 0.15) is 5.75 Å². The van der Waals surface area contributed by atoms with Gasteiger partial charge in [0.25, 0.3) is 0 Å². The molecule has 0 N–H and O–H groups in total. The largest absolute Gasteiger partial charge is 0.493 e. The number of hydrogen-bond acceptors (Lipinski definition) is 4. The Hall–Kier alpha value is -2.49. The van der Waals surface area contributed by atoms with Crippen molar-refractivity contribution in [2.75, 3.05) is 20.3 Å². The van der Waals surface area contributed by atoms with E-state index in [1.807, 2.05) is 37.3 Å². The fourth-order valence-corrected chi connectivity index (χ4v) is 2.20. The van der Waals surface area contributed by atoms with Crippen LogP contribution in [0, 0.1) is 6.92 Å². The van der Waals surface area contributed by atoms with Crippen LogP contribution in [0.25, 0.3) is 0 Å². The summed E-state index contributed by atoms with van der Waals surface area (Å²) < 4.78 is 16.7. The van der Waals surface area contributed by atoms with Gasteiger partial charge in [-0.2, -0.15) is 0 Å². The molecule has 0 spiro atoms. The third-order valence-electron chi connectivity index (χ3n) is 3.39. The number of carbonyl (C=O) groups is 1. The van der Waals surface area contributed by atoms with Gasteiger partial charge in [-0.05, 0) is 43.7 Å². The third kappa shape index (κ3) is 4.74. The molecule has 0 aliphatic heterocycles. The van der Waals surface area contributed by atoms with E-state index < -0.39 is 0 Å². The Morgan fingerprint density at radius 3 is 2.35 bits per heavy atom. The minimum atomic E-state index is 0.00115. The number of methoxy groups -OCH3 is 1. The summed E-state index contributed by atoms with van der Waals surface area (Å²) in [4.78, 5) is 11.5. The van der Waals surface area contributed by atoms with Crippen LogP contribution in [0.2, 0.25) is 0 Å². The molecule has 0 saturated carbocycles. The van der Waals surface area contributed by atoms with Gasteiger partial charge in [0, 0.05) is 6.42 Å². The number of aryl methyl sites for hydroxylation is 1. The molecule has 0 radical (unpaired) electrons. The second-order valence-electron chi connectivity index (χ2n) is 5.26. The smallest absolute Gasteiger partial charge is 0.163 e. The fourth-order valence-electron chi connectivity index (χ4n) is 2.20. The lowest BCUT2D eigenvalue weighted by Crippen LogP contribution is -2.07. The van der Waals surface area contributed by atoms with E-state index in [-0.39, 0.29) is 5.78 Å². The molecule has 2 rings (SSSR count). The van der Waals surface area contributed by atoms with Crippen molar-refractivity contribution >= 4 is 5.78 Å². The first-order valence-electron chi connectivity index (χ1n) is 7.62. The molecule has 0 fully saturated rings. The minimum absolute atomic E-state index is 0.00115. The van der Waals surface area contributed by atoms with Crippen LogP contribution in [-0.4, -0.2) is 26.1 Å².